The maximum atomic E-state index is 12.8. The zero-order valence-electron chi connectivity index (χ0n) is 16.1. The van der Waals surface area contributed by atoms with Gasteiger partial charge in [-0.2, -0.15) is 8.42 Å². The Morgan fingerprint density at radius 2 is 1.85 bits per heavy atom. The zero-order chi connectivity index (χ0) is 20.0. The first-order valence-corrected chi connectivity index (χ1v) is 10.6. The molecule has 0 fully saturated rings. The van der Waals surface area contributed by atoms with Crippen molar-refractivity contribution in [1.82, 2.24) is 4.90 Å². The summed E-state index contributed by atoms with van der Waals surface area (Å²) in [6.45, 7) is 6.32. The third-order valence-corrected chi connectivity index (χ3v) is 4.68. The third-order valence-electron chi connectivity index (χ3n) is 4.19. The zero-order valence-corrected chi connectivity index (χ0v) is 16.9. The van der Waals surface area contributed by atoms with Gasteiger partial charge in [-0.3, -0.25) is 0 Å². The summed E-state index contributed by atoms with van der Waals surface area (Å²) in [4.78, 5) is 14.5. The Hall–Kier alpha value is -2.54. The lowest BCUT2D eigenvalue weighted by Crippen LogP contribution is -2.40. The van der Waals surface area contributed by atoms with Crippen LogP contribution in [-0.4, -0.2) is 31.6 Å². The standard InChI is InChI=1S/C20H26N2O4S/c1-5-16(3)22(20(23)21-18-11-9-15(2)10-12-18)14-17-7-6-8-19(13-17)26-27(4,24)25/h6-13,16H,5,14H2,1-4H3,(H,21,23). The first kappa shape index (κ1) is 20.8. The van der Waals surface area contributed by atoms with Crippen LogP contribution in [0.5, 0.6) is 5.75 Å². The SMILES string of the molecule is CCC(C)N(Cc1cccc(OS(C)(=O)=O)c1)C(=O)Nc1ccc(C)cc1. The number of rotatable bonds is 7. The van der Waals surface area contributed by atoms with Crippen LogP contribution in [0.1, 0.15) is 31.4 Å². The molecule has 146 valence electrons. The molecule has 1 atom stereocenters. The van der Waals surface area contributed by atoms with Crippen molar-refractivity contribution in [1.29, 1.82) is 0 Å². The number of nitrogens with zero attached hydrogens (tertiary/aromatic N) is 1. The first-order valence-electron chi connectivity index (χ1n) is 8.80. The summed E-state index contributed by atoms with van der Waals surface area (Å²) in [7, 11) is -3.60. The third kappa shape index (κ3) is 6.60. The van der Waals surface area contributed by atoms with Crippen molar-refractivity contribution in [3.8, 4) is 5.75 Å². The number of hydrogen-bond donors (Lipinski definition) is 1. The molecule has 0 aliphatic carbocycles. The summed E-state index contributed by atoms with van der Waals surface area (Å²) < 4.78 is 27.6. The fourth-order valence-corrected chi connectivity index (χ4v) is 3.00. The second kappa shape index (κ2) is 8.90. The van der Waals surface area contributed by atoms with Crippen molar-refractivity contribution in [2.24, 2.45) is 0 Å². The van der Waals surface area contributed by atoms with E-state index in [-0.39, 0.29) is 17.8 Å². The number of benzene rings is 2. The quantitative estimate of drug-likeness (QED) is 0.720. The molecule has 2 amide bonds. The number of aryl methyl sites for hydroxylation is 1. The van der Waals surface area contributed by atoms with Gasteiger partial charge in [0, 0.05) is 18.3 Å². The van der Waals surface area contributed by atoms with Gasteiger partial charge in [-0.1, -0.05) is 36.8 Å². The number of carbonyl (C=O) groups excluding carboxylic acids is 1. The Morgan fingerprint density at radius 3 is 2.44 bits per heavy atom. The second-order valence-corrected chi connectivity index (χ2v) is 8.19. The molecule has 1 N–H and O–H groups in total. The average molecular weight is 391 g/mol. The van der Waals surface area contributed by atoms with Crippen LogP contribution in [0.25, 0.3) is 0 Å². The molecule has 0 aliphatic rings. The Morgan fingerprint density at radius 1 is 1.19 bits per heavy atom. The molecule has 2 rings (SSSR count). The molecule has 0 heterocycles. The van der Waals surface area contributed by atoms with E-state index < -0.39 is 10.1 Å². The number of nitrogens with one attached hydrogen (secondary N) is 1. The summed E-state index contributed by atoms with van der Waals surface area (Å²) >= 11 is 0. The molecule has 2 aromatic carbocycles. The first-order chi connectivity index (χ1) is 12.7. The summed E-state index contributed by atoms with van der Waals surface area (Å²) in [5.41, 5.74) is 2.64. The van der Waals surface area contributed by atoms with Gasteiger partial charge in [0.1, 0.15) is 5.75 Å². The predicted molar refractivity (Wildman–Crippen MR) is 107 cm³/mol. The van der Waals surface area contributed by atoms with E-state index in [1.807, 2.05) is 51.1 Å². The van der Waals surface area contributed by atoms with Gasteiger partial charge in [0.05, 0.1) is 6.26 Å². The highest BCUT2D eigenvalue weighted by atomic mass is 32.2. The normalized spacial score (nSPS) is 12.3. The monoisotopic (exact) mass is 390 g/mol. The molecule has 0 spiro atoms. The molecular formula is C20H26N2O4S. The van der Waals surface area contributed by atoms with E-state index in [9.17, 15) is 13.2 Å². The smallest absolute Gasteiger partial charge is 0.322 e. The predicted octanol–water partition coefficient (Wildman–Crippen LogP) is 4.17. The molecule has 27 heavy (non-hydrogen) atoms. The van der Waals surface area contributed by atoms with Gasteiger partial charge in [0.25, 0.3) is 0 Å². The Bertz CT molecular complexity index is 879. The molecule has 0 saturated carbocycles. The fourth-order valence-electron chi connectivity index (χ4n) is 2.55. The maximum absolute atomic E-state index is 12.8. The van der Waals surface area contributed by atoms with Crippen LogP contribution in [0.2, 0.25) is 0 Å². The highest BCUT2D eigenvalue weighted by Crippen LogP contribution is 2.19. The molecule has 0 aliphatic heterocycles. The molecule has 1 unspecified atom stereocenters. The summed E-state index contributed by atoms with van der Waals surface area (Å²) in [6.07, 6.45) is 1.79. The fraction of sp³-hybridized carbons (Fsp3) is 0.350. The Kier molecular flexibility index (Phi) is 6.85. The highest BCUT2D eigenvalue weighted by Gasteiger charge is 2.20. The van der Waals surface area contributed by atoms with Gasteiger partial charge in [0.2, 0.25) is 0 Å². The Labute approximate surface area is 161 Å². The molecule has 0 bridgehead atoms. The van der Waals surface area contributed by atoms with Gasteiger partial charge in [-0.25, -0.2) is 4.79 Å². The minimum Gasteiger partial charge on any atom is -0.383 e. The topological polar surface area (TPSA) is 75.7 Å². The highest BCUT2D eigenvalue weighted by molar-refractivity contribution is 7.86. The Balaban J connectivity index is 2.17. The molecular weight excluding hydrogens is 364 g/mol. The summed E-state index contributed by atoms with van der Waals surface area (Å²) in [5, 5.41) is 2.92. The van der Waals surface area contributed by atoms with E-state index in [1.54, 1.807) is 23.1 Å². The molecule has 0 saturated heterocycles. The number of urea groups is 1. The van der Waals surface area contributed by atoms with Crippen molar-refractivity contribution >= 4 is 21.8 Å². The molecule has 2 aromatic rings. The van der Waals surface area contributed by atoms with E-state index in [2.05, 4.69) is 5.32 Å². The van der Waals surface area contributed by atoms with E-state index in [0.29, 0.717) is 6.54 Å². The van der Waals surface area contributed by atoms with E-state index in [0.717, 1.165) is 29.5 Å². The van der Waals surface area contributed by atoms with Crippen molar-refractivity contribution in [2.45, 2.75) is 39.8 Å². The van der Waals surface area contributed by atoms with Gasteiger partial charge in [-0.15, -0.1) is 0 Å². The van der Waals surface area contributed by atoms with Crippen LogP contribution in [0.3, 0.4) is 0 Å². The lowest BCUT2D eigenvalue weighted by atomic mass is 10.1. The van der Waals surface area contributed by atoms with Crippen LogP contribution in [0, 0.1) is 6.92 Å². The van der Waals surface area contributed by atoms with E-state index >= 15 is 0 Å². The number of hydrogen-bond acceptors (Lipinski definition) is 4. The van der Waals surface area contributed by atoms with Crippen molar-refractivity contribution < 1.29 is 17.4 Å². The van der Waals surface area contributed by atoms with Crippen LogP contribution in [-0.2, 0) is 16.7 Å². The van der Waals surface area contributed by atoms with Gasteiger partial charge in [0.15, 0.2) is 0 Å². The minimum atomic E-state index is -3.60. The number of anilines is 1. The minimum absolute atomic E-state index is 0.00920. The molecule has 0 aromatic heterocycles. The summed E-state index contributed by atoms with van der Waals surface area (Å²) in [6, 6.07) is 14.2. The number of carbonyl (C=O) groups is 1. The average Bonchev–Trinajstić information content (AvgIpc) is 2.60. The summed E-state index contributed by atoms with van der Waals surface area (Å²) in [5.74, 6) is 0.234. The van der Waals surface area contributed by atoms with Crippen molar-refractivity contribution in [3.63, 3.8) is 0 Å². The van der Waals surface area contributed by atoms with Gasteiger partial charge >= 0.3 is 16.1 Å². The lowest BCUT2D eigenvalue weighted by molar-refractivity contribution is 0.187. The van der Waals surface area contributed by atoms with E-state index in [1.165, 1.54) is 0 Å². The molecule has 7 heteroatoms. The molecule has 0 radical (unpaired) electrons. The van der Waals surface area contributed by atoms with E-state index in [4.69, 9.17) is 4.18 Å². The lowest BCUT2D eigenvalue weighted by Gasteiger charge is -2.29. The number of amides is 2. The van der Waals surface area contributed by atoms with Crippen molar-refractivity contribution in [2.75, 3.05) is 11.6 Å². The van der Waals surface area contributed by atoms with Crippen LogP contribution in [0.4, 0.5) is 10.5 Å². The second-order valence-electron chi connectivity index (χ2n) is 6.62. The van der Waals surface area contributed by atoms with Crippen LogP contribution < -0.4 is 9.50 Å². The van der Waals surface area contributed by atoms with Crippen LogP contribution in [0.15, 0.2) is 48.5 Å². The van der Waals surface area contributed by atoms with Crippen LogP contribution >= 0.6 is 0 Å². The van der Waals surface area contributed by atoms with Gasteiger partial charge < -0.3 is 14.4 Å². The maximum Gasteiger partial charge on any atom is 0.322 e. The van der Waals surface area contributed by atoms with Gasteiger partial charge in [-0.05, 0) is 50.1 Å². The van der Waals surface area contributed by atoms with Crippen molar-refractivity contribution in [3.05, 3.63) is 59.7 Å². The largest absolute Gasteiger partial charge is 0.383 e. The molecule has 6 nitrogen and oxygen atoms in total.